The van der Waals surface area contributed by atoms with Gasteiger partial charge in [-0.05, 0) is 36.4 Å². The highest BCUT2D eigenvalue weighted by molar-refractivity contribution is 6.10. The van der Waals surface area contributed by atoms with Crippen molar-refractivity contribution in [2.75, 3.05) is 19.5 Å². The molecule has 3 nitrogen and oxygen atoms in total. The summed E-state index contributed by atoms with van der Waals surface area (Å²) in [5.41, 5.74) is 2.21. The predicted octanol–water partition coefficient (Wildman–Crippen LogP) is 2.97. The van der Waals surface area contributed by atoms with Crippen molar-refractivity contribution in [2.24, 2.45) is 0 Å². The number of para-hydroxylation sites is 1. The molecule has 92 valence electrons. The standard InChI is InChI=1S/C15H15NO2/c1-16-12-9-7-11(8-10-12)15(17)13-5-3-4-6-14(13)18-2/h3-10,16H,1-2H3. The van der Waals surface area contributed by atoms with Crippen LogP contribution in [0.4, 0.5) is 5.69 Å². The van der Waals surface area contributed by atoms with E-state index in [0.29, 0.717) is 16.9 Å². The second kappa shape index (κ2) is 5.36. The van der Waals surface area contributed by atoms with E-state index < -0.39 is 0 Å². The lowest BCUT2D eigenvalue weighted by Gasteiger charge is -2.07. The van der Waals surface area contributed by atoms with Crippen LogP contribution in [0.2, 0.25) is 0 Å². The molecule has 0 aliphatic carbocycles. The zero-order valence-corrected chi connectivity index (χ0v) is 10.4. The molecule has 0 unspecified atom stereocenters. The highest BCUT2D eigenvalue weighted by Crippen LogP contribution is 2.21. The predicted molar refractivity (Wildman–Crippen MR) is 72.4 cm³/mol. The maximum absolute atomic E-state index is 12.3. The second-order valence-electron chi connectivity index (χ2n) is 3.86. The van der Waals surface area contributed by atoms with Crippen LogP contribution in [0.15, 0.2) is 48.5 Å². The minimum atomic E-state index is -0.0323. The number of ether oxygens (including phenoxy) is 1. The maximum atomic E-state index is 12.3. The van der Waals surface area contributed by atoms with Crippen molar-refractivity contribution in [3.05, 3.63) is 59.7 Å². The van der Waals surface area contributed by atoms with Crippen LogP contribution in [0, 0.1) is 0 Å². The van der Waals surface area contributed by atoms with E-state index in [4.69, 9.17) is 4.74 Å². The van der Waals surface area contributed by atoms with Crippen LogP contribution in [-0.4, -0.2) is 19.9 Å². The van der Waals surface area contributed by atoms with Crippen LogP contribution in [0.1, 0.15) is 15.9 Å². The van der Waals surface area contributed by atoms with Gasteiger partial charge in [0.2, 0.25) is 0 Å². The smallest absolute Gasteiger partial charge is 0.196 e. The fraction of sp³-hybridized carbons (Fsp3) is 0.133. The Morgan fingerprint density at radius 2 is 1.72 bits per heavy atom. The van der Waals surface area contributed by atoms with Crippen LogP contribution < -0.4 is 10.1 Å². The molecule has 0 amide bonds. The minimum absolute atomic E-state index is 0.0323. The number of carbonyl (C=O) groups is 1. The average Bonchev–Trinajstić information content (AvgIpc) is 2.46. The number of benzene rings is 2. The lowest BCUT2D eigenvalue weighted by molar-refractivity contribution is 0.103. The first-order chi connectivity index (χ1) is 8.76. The molecule has 2 rings (SSSR count). The summed E-state index contributed by atoms with van der Waals surface area (Å²) in [5, 5.41) is 3.02. The van der Waals surface area contributed by atoms with Gasteiger partial charge in [-0.3, -0.25) is 4.79 Å². The Labute approximate surface area is 106 Å². The minimum Gasteiger partial charge on any atom is -0.496 e. The van der Waals surface area contributed by atoms with Gasteiger partial charge in [0.15, 0.2) is 5.78 Å². The van der Waals surface area contributed by atoms with Crippen LogP contribution in [0.5, 0.6) is 5.75 Å². The summed E-state index contributed by atoms with van der Waals surface area (Å²) in [6.45, 7) is 0. The molecule has 0 heterocycles. The molecule has 0 fully saturated rings. The van der Waals surface area contributed by atoms with Crippen LogP contribution in [-0.2, 0) is 0 Å². The Morgan fingerprint density at radius 3 is 2.33 bits per heavy atom. The normalized spacial score (nSPS) is 9.89. The Balaban J connectivity index is 2.35. The first-order valence-corrected chi connectivity index (χ1v) is 5.72. The molecule has 1 N–H and O–H groups in total. The fourth-order valence-electron chi connectivity index (χ4n) is 1.78. The molecule has 0 aliphatic rings. The zero-order chi connectivity index (χ0) is 13.0. The van der Waals surface area contributed by atoms with E-state index >= 15 is 0 Å². The summed E-state index contributed by atoms with van der Waals surface area (Å²) in [7, 11) is 3.41. The third-order valence-electron chi connectivity index (χ3n) is 2.79. The van der Waals surface area contributed by atoms with Crippen molar-refractivity contribution < 1.29 is 9.53 Å². The number of hydrogen-bond donors (Lipinski definition) is 1. The Bertz CT molecular complexity index is 547. The third kappa shape index (κ3) is 2.35. The zero-order valence-electron chi connectivity index (χ0n) is 10.4. The third-order valence-corrected chi connectivity index (χ3v) is 2.79. The van der Waals surface area contributed by atoms with Crippen molar-refractivity contribution >= 4 is 11.5 Å². The second-order valence-corrected chi connectivity index (χ2v) is 3.86. The van der Waals surface area contributed by atoms with Crippen molar-refractivity contribution in [3.8, 4) is 5.75 Å². The summed E-state index contributed by atoms with van der Waals surface area (Å²) in [5.74, 6) is 0.565. The van der Waals surface area contributed by atoms with Gasteiger partial charge in [-0.15, -0.1) is 0 Å². The molecule has 0 aliphatic heterocycles. The summed E-state index contributed by atoms with van der Waals surface area (Å²) < 4.78 is 5.20. The fourth-order valence-corrected chi connectivity index (χ4v) is 1.78. The van der Waals surface area contributed by atoms with Crippen LogP contribution in [0.3, 0.4) is 0 Å². The molecule has 0 spiro atoms. The molecule has 0 radical (unpaired) electrons. The quantitative estimate of drug-likeness (QED) is 0.836. The first kappa shape index (κ1) is 12.2. The van der Waals surface area contributed by atoms with Crippen molar-refractivity contribution in [1.82, 2.24) is 0 Å². The Hall–Kier alpha value is -2.29. The molecule has 0 aromatic heterocycles. The number of anilines is 1. The number of hydrogen-bond acceptors (Lipinski definition) is 3. The molecule has 18 heavy (non-hydrogen) atoms. The number of ketones is 1. The van der Waals surface area contributed by atoms with Gasteiger partial charge in [-0.25, -0.2) is 0 Å². The molecule has 0 bridgehead atoms. The van der Waals surface area contributed by atoms with Gasteiger partial charge >= 0.3 is 0 Å². The summed E-state index contributed by atoms with van der Waals surface area (Å²) in [4.78, 5) is 12.3. The van der Waals surface area contributed by atoms with Gasteiger partial charge in [0.1, 0.15) is 5.75 Å². The molecule has 2 aromatic carbocycles. The van der Waals surface area contributed by atoms with E-state index in [1.54, 1.807) is 31.4 Å². The molecule has 0 atom stereocenters. The Kier molecular flexibility index (Phi) is 3.63. The summed E-state index contributed by atoms with van der Waals surface area (Å²) >= 11 is 0. The maximum Gasteiger partial charge on any atom is 0.196 e. The highest BCUT2D eigenvalue weighted by atomic mass is 16.5. The lowest BCUT2D eigenvalue weighted by Crippen LogP contribution is -2.03. The van der Waals surface area contributed by atoms with E-state index in [9.17, 15) is 4.79 Å². The summed E-state index contributed by atoms with van der Waals surface area (Å²) in [6.07, 6.45) is 0. The van der Waals surface area contributed by atoms with E-state index in [2.05, 4.69) is 5.32 Å². The van der Waals surface area contributed by atoms with Gasteiger partial charge in [-0.1, -0.05) is 12.1 Å². The molecular formula is C15H15NO2. The molecule has 3 heteroatoms. The van der Waals surface area contributed by atoms with E-state index in [1.165, 1.54) is 0 Å². The van der Waals surface area contributed by atoms with Gasteiger partial charge in [0, 0.05) is 18.3 Å². The van der Waals surface area contributed by atoms with Crippen LogP contribution in [0.25, 0.3) is 0 Å². The lowest BCUT2D eigenvalue weighted by atomic mass is 10.0. The number of methoxy groups -OCH3 is 1. The van der Waals surface area contributed by atoms with Crippen molar-refractivity contribution in [2.45, 2.75) is 0 Å². The number of nitrogens with one attached hydrogen (secondary N) is 1. The van der Waals surface area contributed by atoms with Gasteiger partial charge < -0.3 is 10.1 Å². The van der Waals surface area contributed by atoms with Crippen molar-refractivity contribution in [1.29, 1.82) is 0 Å². The Morgan fingerprint density at radius 1 is 1.06 bits per heavy atom. The molecular weight excluding hydrogens is 226 g/mol. The SMILES string of the molecule is CNc1ccc(C(=O)c2ccccc2OC)cc1. The van der Waals surface area contributed by atoms with Crippen molar-refractivity contribution in [3.63, 3.8) is 0 Å². The van der Waals surface area contributed by atoms with Gasteiger partial charge in [0.05, 0.1) is 12.7 Å². The number of carbonyl (C=O) groups excluding carboxylic acids is 1. The molecule has 0 saturated heterocycles. The highest BCUT2D eigenvalue weighted by Gasteiger charge is 2.13. The molecule has 0 saturated carbocycles. The van der Waals surface area contributed by atoms with Crippen LogP contribution >= 0.6 is 0 Å². The number of rotatable bonds is 4. The largest absolute Gasteiger partial charge is 0.496 e. The first-order valence-electron chi connectivity index (χ1n) is 5.72. The monoisotopic (exact) mass is 241 g/mol. The van der Waals surface area contributed by atoms with Gasteiger partial charge in [-0.2, -0.15) is 0 Å². The average molecular weight is 241 g/mol. The van der Waals surface area contributed by atoms with E-state index in [-0.39, 0.29) is 5.78 Å². The topological polar surface area (TPSA) is 38.3 Å². The van der Waals surface area contributed by atoms with E-state index in [1.807, 2.05) is 31.3 Å². The summed E-state index contributed by atoms with van der Waals surface area (Å²) in [6, 6.07) is 14.6. The van der Waals surface area contributed by atoms with Gasteiger partial charge in [0.25, 0.3) is 0 Å². The molecule has 2 aromatic rings. The van der Waals surface area contributed by atoms with E-state index in [0.717, 1.165) is 5.69 Å².